The molecular weight excluding hydrogens is 370 g/mol. The van der Waals surface area contributed by atoms with Gasteiger partial charge in [-0.05, 0) is 24.5 Å². The summed E-state index contributed by atoms with van der Waals surface area (Å²) >= 11 is 1.39. The zero-order chi connectivity index (χ0) is 18.9. The monoisotopic (exact) mass is 393 g/mol. The molecule has 2 aliphatic rings. The summed E-state index contributed by atoms with van der Waals surface area (Å²) in [5.74, 6) is 0.425. The Morgan fingerprint density at radius 1 is 1.44 bits per heavy atom. The van der Waals surface area contributed by atoms with Crippen molar-refractivity contribution in [1.29, 1.82) is 0 Å². The number of rotatable bonds is 6. The van der Waals surface area contributed by atoms with Gasteiger partial charge in [0, 0.05) is 37.9 Å². The van der Waals surface area contributed by atoms with E-state index in [-0.39, 0.29) is 5.60 Å². The molecule has 0 aliphatic carbocycles. The van der Waals surface area contributed by atoms with E-state index in [1.165, 1.54) is 11.3 Å². The smallest absolute Gasteiger partial charge is 0.345 e. The Morgan fingerprint density at radius 2 is 2.26 bits per heavy atom. The van der Waals surface area contributed by atoms with E-state index in [4.69, 9.17) is 14.0 Å². The van der Waals surface area contributed by atoms with E-state index in [0.29, 0.717) is 42.8 Å². The first-order chi connectivity index (χ1) is 13.1. The van der Waals surface area contributed by atoms with Gasteiger partial charge in [-0.3, -0.25) is 4.90 Å². The van der Waals surface area contributed by atoms with Crippen molar-refractivity contribution in [2.24, 2.45) is 0 Å². The van der Waals surface area contributed by atoms with E-state index < -0.39 is 5.97 Å². The lowest BCUT2D eigenvalue weighted by atomic mass is 9.82. The highest BCUT2D eigenvalue weighted by Gasteiger charge is 2.42. The highest BCUT2D eigenvalue weighted by molar-refractivity contribution is 7.14. The topological polar surface area (TPSA) is 97.9 Å². The van der Waals surface area contributed by atoms with Gasteiger partial charge in [-0.1, -0.05) is 5.16 Å². The quantitative estimate of drug-likeness (QED) is 0.797. The van der Waals surface area contributed by atoms with Crippen LogP contribution in [0.5, 0.6) is 0 Å². The van der Waals surface area contributed by atoms with Crippen molar-refractivity contribution in [2.45, 2.75) is 37.8 Å². The first-order valence-electron chi connectivity index (χ1n) is 9.13. The van der Waals surface area contributed by atoms with Crippen LogP contribution in [-0.2, 0) is 34.5 Å². The van der Waals surface area contributed by atoms with Gasteiger partial charge < -0.3 is 19.1 Å². The summed E-state index contributed by atoms with van der Waals surface area (Å²) in [6.07, 6.45) is 3.11. The Kier molecular flexibility index (Phi) is 5.27. The molecule has 0 saturated carbocycles. The van der Waals surface area contributed by atoms with Crippen molar-refractivity contribution < 1.29 is 23.9 Å². The third kappa shape index (κ3) is 3.77. The summed E-state index contributed by atoms with van der Waals surface area (Å²) in [4.78, 5) is 19.6. The molecule has 2 aromatic heterocycles. The molecule has 0 bridgehead atoms. The van der Waals surface area contributed by atoms with E-state index in [1.54, 1.807) is 7.11 Å². The lowest BCUT2D eigenvalue weighted by Crippen LogP contribution is -2.45. The fraction of sp³-hybridized carbons (Fsp3) is 0.611. The van der Waals surface area contributed by atoms with E-state index >= 15 is 0 Å². The van der Waals surface area contributed by atoms with Gasteiger partial charge in [0.2, 0.25) is 5.89 Å². The molecule has 0 radical (unpaired) electrons. The van der Waals surface area contributed by atoms with E-state index in [1.807, 2.05) is 6.07 Å². The number of likely N-dealkylation sites (tertiary alicyclic amines) is 1. The van der Waals surface area contributed by atoms with Crippen LogP contribution in [0.25, 0.3) is 0 Å². The average molecular weight is 393 g/mol. The number of fused-ring (bicyclic) bond motifs is 2. The first kappa shape index (κ1) is 18.5. The second kappa shape index (κ2) is 7.67. The van der Waals surface area contributed by atoms with Crippen LogP contribution in [0.4, 0.5) is 0 Å². The van der Waals surface area contributed by atoms with E-state index in [0.717, 1.165) is 42.8 Å². The van der Waals surface area contributed by atoms with E-state index in [2.05, 4.69) is 15.0 Å². The molecule has 146 valence electrons. The number of thiophene rings is 1. The zero-order valence-corrected chi connectivity index (χ0v) is 16.1. The van der Waals surface area contributed by atoms with Gasteiger partial charge in [-0.25, -0.2) is 4.79 Å². The van der Waals surface area contributed by atoms with Crippen molar-refractivity contribution >= 4 is 17.3 Å². The molecule has 8 nitrogen and oxygen atoms in total. The number of carboxylic acids is 1. The summed E-state index contributed by atoms with van der Waals surface area (Å²) in [7, 11) is 1.65. The lowest BCUT2D eigenvalue weighted by Gasteiger charge is -2.43. The minimum atomic E-state index is -0.859. The molecule has 1 saturated heterocycles. The standard InChI is InChI=1S/C18H23N3O5S/c1-24-8-3-15-19-16(26-20-15)11-21-6-4-18(5-7-21)12-10-14(17(22)23)27-13(12)2-9-25-18/h10H,2-9,11H2,1H3,(H,22,23). The van der Waals surface area contributed by atoms with Crippen LogP contribution < -0.4 is 0 Å². The van der Waals surface area contributed by atoms with Crippen molar-refractivity contribution in [3.05, 3.63) is 33.1 Å². The van der Waals surface area contributed by atoms with Gasteiger partial charge in [0.1, 0.15) is 4.88 Å². The summed E-state index contributed by atoms with van der Waals surface area (Å²) in [5, 5.41) is 13.3. The molecule has 1 N–H and O–H groups in total. The van der Waals surface area contributed by atoms with Crippen LogP contribution in [0.2, 0.25) is 0 Å². The molecule has 0 atom stereocenters. The minimum Gasteiger partial charge on any atom is -0.477 e. The highest BCUT2D eigenvalue weighted by Crippen LogP contribution is 2.44. The number of aromatic carboxylic acids is 1. The Labute approximate surface area is 161 Å². The maximum Gasteiger partial charge on any atom is 0.345 e. The fourth-order valence-electron chi connectivity index (χ4n) is 3.85. The van der Waals surface area contributed by atoms with Crippen LogP contribution in [0.3, 0.4) is 0 Å². The molecule has 2 aromatic rings. The number of methoxy groups -OCH3 is 1. The van der Waals surface area contributed by atoms with Gasteiger partial charge in [0.25, 0.3) is 0 Å². The summed E-state index contributed by atoms with van der Waals surface area (Å²) in [6.45, 7) is 3.52. The van der Waals surface area contributed by atoms with Crippen molar-refractivity contribution in [1.82, 2.24) is 15.0 Å². The molecule has 1 fully saturated rings. The summed E-state index contributed by atoms with van der Waals surface area (Å²) in [6, 6.07) is 1.82. The Balaban J connectivity index is 1.41. The predicted octanol–water partition coefficient (Wildman–Crippen LogP) is 2.08. The largest absolute Gasteiger partial charge is 0.477 e. The SMILES string of the molecule is COCCc1noc(CN2CCC3(CC2)OCCc2sc(C(=O)O)cc23)n1. The van der Waals surface area contributed by atoms with Crippen molar-refractivity contribution in [3.8, 4) is 0 Å². The number of carboxylic acid groups (broad SMARTS) is 1. The Morgan fingerprint density at radius 3 is 3.00 bits per heavy atom. The Bertz CT molecular complexity index is 810. The summed E-state index contributed by atoms with van der Waals surface area (Å²) in [5.41, 5.74) is 0.725. The van der Waals surface area contributed by atoms with Crippen LogP contribution in [-0.4, -0.2) is 59.5 Å². The fourth-order valence-corrected chi connectivity index (χ4v) is 4.92. The maximum atomic E-state index is 11.3. The molecular formula is C18H23N3O5S. The zero-order valence-electron chi connectivity index (χ0n) is 15.3. The number of aromatic nitrogens is 2. The molecule has 9 heteroatoms. The number of carbonyl (C=O) groups is 1. The molecule has 1 spiro atoms. The third-order valence-electron chi connectivity index (χ3n) is 5.28. The number of nitrogens with zero attached hydrogens (tertiary/aromatic N) is 3. The van der Waals surface area contributed by atoms with Gasteiger partial charge in [-0.15, -0.1) is 11.3 Å². The van der Waals surface area contributed by atoms with Gasteiger partial charge in [0.05, 0.1) is 25.4 Å². The molecule has 2 aliphatic heterocycles. The molecule has 0 amide bonds. The average Bonchev–Trinajstić information content (AvgIpc) is 3.30. The number of hydrogen-bond acceptors (Lipinski definition) is 8. The van der Waals surface area contributed by atoms with Crippen LogP contribution in [0.1, 0.15) is 44.7 Å². The molecule has 4 heterocycles. The molecule has 0 unspecified atom stereocenters. The Hall–Kier alpha value is -1.81. The molecule has 27 heavy (non-hydrogen) atoms. The molecule has 4 rings (SSSR count). The number of hydrogen-bond donors (Lipinski definition) is 1. The predicted molar refractivity (Wildman–Crippen MR) is 97.0 cm³/mol. The number of ether oxygens (including phenoxy) is 2. The maximum absolute atomic E-state index is 11.3. The number of piperidine rings is 1. The highest BCUT2D eigenvalue weighted by atomic mass is 32.1. The van der Waals surface area contributed by atoms with Crippen LogP contribution >= 0.6 is 11.3 Å². The van der Waals surface area contributed by atoms with Crippen molar-refractivity contribution in [3.63, 3.8) is 0 Å². The lowest BCUT2D eigenvalue weighted by molar-refractivity contribution is -0.0988. The third-order valence-corrected chi connectivity index (χ3v) is 6.46. The normalized spacial score (nSPS) is 19.3. The molecule has 0 aromatic carbocycles. The van der Waals surface area contributed by atoms with E-state index in [9.17, 15) is 9.90 Å². The van der Waals surface area contributed by atoms with Gasteiger partial charge in [-0.2, -0.15) is 4.98 Å². The second-order valence-corrected chi connectivity index (χ2v) is 8.11. The van der Waals surface area contributed by atoms with Crippen molar-refractivity contribution in [2.75, 3.05) is 33.4 Å². The minimum absolute atomic E-state index is 0.354. The van der Waals surface area contributed by atoms with Crippen LogP contribution in [0, 0.1) is 0 Å². The second-order valence-electron chi connectivity index (χ2n) is 6.97. The first-order valence-corrected chi connectivity index (χ1v) is 9.94. The van der Waals surface area contributed by atoms with Gasteiger partial charge >= 0.3 is 5.97 Å². The van der Waals surface area contributed by atoms with Gasteiger partial charge in [0.15, 0.2) is 5.82 Å². The summed E-state index contributed by atoms with van der Waals surface area (Å²) < 4.78 is 16.6. The van der Waals surface area contributed by atoms with Crippen LogP contribution in [0.15, 0.2) is 10.6 Å².